The summed E-state index contributed by atoms with van der Waals surface area (Å²) in [5, 5.41) is 2.96. The highest BCUT2D eigenvalue weighted by Crippen LogP contribution is 2.30. The maximum absolute atomic E-state index is 14.6. The van der Waals surface area contributed by atoms with Gasteiger partial charge in [-0.05, 0) is 50.6 Å². The summed E-state index contributed by atoms with van der Waals surface area (Å²) < 4.78 is 42.9. The number of sulfonamides is 1. The van der Waals surface area contributed by atoms with Gasteiger partial charge < -0.3 is 10.2 Å². The van der Waals surface area contributed by atoms with E-state index in [1.54, 1.807) is 36.4 Å². The quantitative estimate of drug-likeness (QED) is 0.358. The molecule has 202 valence electrons. The number of nitrogens with one attached hydrogen (secondary N) is 1. The minimum atomic E-state index is -4.23. The zero-order valence-corrected chi connectivity index (χ0v) is 23.0. The number of anilines is 1. The Bertz CT molecular complexity index is 1370. The highest BCUT2D eigenvalue weighted by Gasteiger charge is 2.33. The molecule has 1 N–H and O–H groups in total. The number of para-hydroxylation sites is 1. The van der Waals surface area contributed by atoms with Gasteiger partial charge in [-0.2, -0.15) is 0 Å². The first kappa shape index (κ1) is 29.1. The first-order valence-corrected chi connectivity index (χ1v) is 14.0. The Morgan fingerprint density at radius 3 is 2.18 bits per heavy atom. The van der Waals surface area contributed by atoms with Gasteiger partial charge in [0.25, 0.3) is 10.0 Å². The number of halogens is 2. The van der Waals surface area contributed by atoms with E-state index in [0.29, 0.717) is 6.42 Å². The van der Waals surface area contributed by atoms with Gasteiger partial charge in [0.15, 0.2) is 0 Å². The number of carbonyl (C=O) groups is 2. The molecule has 0 heterocycles. The molecule has 2 atom stereocenters. The van der Waals surface area contributed by atoms with Crippen LogP contribution in [0.1, 0.15) is 32.8 Å². The van der Waals surface area contributed by atoms with Gasteiger partial charge in [-0.25, -0.2) is 12.8 Å². The van der Waals surface area contributed by atoms with Crippen molar-refractivity contribution < 1.29 is 22.4 Å². The maximum Gasteiger partial charge on any atom is 0.264 e. The van der Waals surface area contributed by atoms with Crippen molar-refractivity contribution in [3.8, 4) is 0 Å². The molecule has 0 saturated carbocycles. The van der Waals surface area contributed by atoms with Crippen molar-refractivity contribution in [3.63, 3.8) is 0 Å². The monoisotopic (exact) mass is 559 g/mol. The third-order valence-corrected chi connectivity index (χ3v) is 8.29. The van der Waals surface area contributed by atoms with Crippen LogP contribution in [0.3, 0.4) is 0 Å². The van der Waals surface area contributed by atoms with Crippen LogP contribution in [0.5, 0.6) is 0 Å². The van der Waals surface area contributed by atoms with Crippen molar-refractivity contribution in [2.45, 2.75) is 50.7 Å². The second-order valence-corrected chi connectivity index (χ2v) is 11.2. The van der Waals surface area contributed by atoms with Crippen molar-refractivity contribution in [3.05, 3.63) is 95.3 Å². The zero-order chi connectivity index (χ0) is 27.9. The minimum absolute atomic E-state index is 0.0315. The summed E-state index contributed by atoms with van der Waals surface area (Å²) >= 11 is 6.37. The predicted molar refractivity (Wildman–Crippen MR) is 147 cm³/mol. The smallest absolute Gasteiger partial charge is 0.264 e. The van der Waals surface area contributed by atoms with E-state index in [4.69, 9.17) is 11.6 Å². The molecule has 0 spiro atoms. The predicted octanol–water partition coefficient (Wildman–Crippen LogP) is 5.01. The van der Waals surface area contributed by atoms with Gasteiger partial charge in [0.05, 0.1) is 15.6 Å². The molecule has 0 aliphatic heterocycles. The van der Waals surface area contributed by atoms with Crippen molar-refractivity contribution in [2.24, 2.45) is 0 Å². The van der Waals surface area contributed by atoms with E-state index in [-0.39, 0.29) is 33.8 Å². The molecule has 0 aliphatic rings. The van der Waals surface area contributed by atoms with Crippen LogP contribution in [-0.4, -0.2) is 43.8 Å². The summed E-state index contributed by atoms with van der Waals surface area (Å²) in [6.07, 6.45) is 0.676. The Hall–Kier alpha value is -3.43. The highest BCUT2D eigenvalue weighted by molar-refractivity contribution is 7.92. The molecule has 0 radical (unpaired) electrons. The topological polar surface area (TPSA) is 86.8 Å². The van der Waals surface area contributed by atoms with Crippen LogP contribution in [0.25, 0.3) is 0 Å². The first-order valence-electron chi connectivity index (χ1n) is 12.2. The maximum atomic E-state index is 14.6. The van der Waals surface area contributed by atoms with E-state index in [1.807, 2.05) is 13.8 Å². The molecule has 10 heteroatoms. The largest absolute Gasteiger partial charge is 0.352 e. The van der Waals surface area contributed by atoms with Gasteiger partial charge in [-0.3, -0.25) is 13.9 Å². The number of amides is 2. The second kappa shape index (κ2) is 12.9. The Morgan fingerprint density at radius 1 is 0.947 bits per heavy atom. The Labute approximate surface area is 228 Å². The van der Waals surface area contributed by atoms with E-state index in [0.717, 1.165) is 4.31 Å². The van der Waals surface area contributed by atoms with Crippen molar-refractivity contribution in [2.75, 3.05) is 10.8 Å². The fraction of sp³-hybridized carbons (Fsp3) is 0.286. The number of nitrogens with zero attached hydrogens (tertiary/aromatic N) is 2. The summed E-state index contributed by atoms with van der Waals surface area (Å²) in [6.45, 7) is 4.38. The van der Waals surface area contributed by atoms with Gasteiger partial charge in [-0.15, -0.1) is 0 Å². The number of benzene rings is 3. The van der Waals surface area contributed by atoms with Crippen LogP contribution in [-0.2, 0) is 26.2 Å². The lowest BCUT2D eigenvalue weighted by atomic mass is 10.1. The summed E-state index contributed by atoms with van der Waals surface area (Å²) in [5.74, 6) is -1.67. The average molecular weight is 560 g/mol. The number of carbonyl (C=O) groups excluding carboxylic acids is 2. The molecule has 38 heavy (non-hydrogen) atoms. The number of hydrogen-bond acceptors (Lipinski definition) is 4. The van der Waals surface area contributed by atoms with E-state index < -0.39 is 40.2 Å². The Balaban J connectivity index is 2.04. The van der Waals surface area contributed by atoms with Crippen LogP contribution in [0.2, 0.25) is 5.02 Å². The molecule has 2 amide bonds. The lowest BCUT2D eigenvalue weighted by Gasteiger charge is -2.32. The molecule has 7 nitrogen and oxygen atoms in total. The summed E-state index contributed by atoms with van der Waals surface area (Å²) in [5.41, 5.74) is 0.299. The zero-order valence-electron chi connectivity index (χ0n) is 21.5. The summed E-state index contributed by atoms with van der Waals surface area (Å²) in [6, 6.07) is 18.7. The molecular weight excluding hydrogens is 529 g/mol. The third-order valence-electron chi connectivity index (χ3n) is 6.20. The van der Waals surface area contributed by atoms with Crippen molar-refractivity contribution in [1.29, 1.82) is 0 Å². The standard InChI is InChI=1S/C28H31ClFN3O4S/c1-4-20(2)31-28(35)21(3)32(18-22-12-8-10-16-25(22)30)27(34)19-33(26-17-11-9-15-24(26)29)38(36,37)23-13-6-5-7-14-23/h5-17,20-21H,4,18-19H2,1-3H3,(H,31,35)/t20-,21-/m1/s1. The van der Waals surface area contributed by atoms with E-state index in [1.165, 1.54) is 54.3 Å². The van der Waals surface area contributed by atoms with E-state index in [2.05, 4.69) is 5.32 Å². The van der Waals surface area contributed by atoms with Crippen LogP contribution in [0, 0.1) is 5.82 Å². The highest BCUT2D eigenvalue weighted by atomic mass is 35.5. The third kappa shape index (κ3) is 6.90. The van der Waals surface area contributed by atoms with Gasteiger partial charge >= 0.3 is 0 Å². The molecule has 0 fully saturated rings. The minimum Gasteiger partial charge on any atom is -0.352 e. The van der Waals surface area contributed by atoms with E-state index in [9.17, 15) is 22.4 Å². The molecular formula is C28H31ClFN3O4S. The van der Waals surface area contributed by atoms with Crippen LogP contribution >= 0.6 is 11.6 Å². The molecule has 0 aromatic heterocycles. The lowest BCUT2D eigenvalue weighted by Crippen LogP contribution is -2.52. The SMILES string of the molecule is CC[C@@H](C)NC(=O)[C@@H](C)N(Cc1ccccc1F)C(=O)CN(c1ccccc1Cl)S(=O)(=O)c1ccccc1. The van der Waals surface area contributed by atoms with Gasteiger partial charge in [-0.1, -0.05) is 67.1 Å². The number of hydrogen-bond donors (Lipinski definition) is 1. The normalized spacial score (nSPS) is 12.9. The summed E-state index contributed by atoms with van der Waals surface area (Å²) in [7, 11) is -4.23. The first-order chi connectivity index (χ1) is 18.1. The van der Waals surface area contributed by atoms with Gasteiger partial charge in [0.2, 0.25) is 11.8 Å². The fourth-order valence-electron chi connectivity index (χ4n) is 3.75. The molecule has 0 aliphatic carbocycles. The Kier molecular flexibility index (Phi) is 9.88. The van der Waals surface area contributed by atoms with Crippen molar-refractivity contribution in [1.82, 2.24) is 10.2 Å². The lowest BCUT2D eigenvalue weighted by molar-refractivity contribution is -0.139. The average Bonchev–Trinajstić information content (AvgIpc) is 2.91. The molecule has 3 aromatic carbocycles. The fourth-order valence-corrected chi connectivity index (χ4v) is 5.49. The second-order valence-electron chi connectivity index (χ2n) is 8.88. The van der Waals surface area contributed by atoms with Crippen LogP contribution < -0.4 is 9.62 Å². The van der Waals surface area contributed by atoms with E-state index >= 15 is 0 Å². The molecule has 0 saturated heterocycles. The van der Waals surface area contributed by atoms with Gasteiger partial charge in [0.1, 0.15) is 18.4 Å². The van der Waals surface area contributed by atoms with Crippen molar-refractivity contribution >= 4 is 39.1 Å². The van der Waals surface area contributed by atoms with Crippen LogP contribution in [0.15, 0.2) is 83.8 Å². The molecule has 0 unspecified atom stereocenters. The van der Waals surface area contributed by atoms with Gasteiger partial charge in [0, 0.05) is 18.2 Å². The summed E-state index contributed by atoms with van der Waals surface area (Å²) in [4.78, 5) is 28.0. The number of rotatable bonds is 11. The van der Waals surface area contributed by atoms with Crippen LogP contribution in [0.4, 0.5) is 10.1 Å². The molecule has 3 rings (SSSR count). The molecule has 3 aromatic rings. The Morgan fingerprint density at radius 2 is 1.55 bits per heavy atom. The molecule has 0 bridgehead atoms.